The van der Waals surface area contributed by atoms with Gasteiger partial charge in [-0.05, 0) is 87.0 Å². The number of aromatic amines is 2. The molecule has 3 unspecified atom stereocenters. The molecule has 2 aliphatic carbocycles. The zero-order valence-electron chi connectivity index (χ0n) is 34.2. The third kappa shape index (κ3) is 7.86. The van der Waals surface area contributed by atoms with Crippen molar-refractivity contribution in [1.29, 1.82) is 0 Å². The molecule has 308 valence electrons. The van der Waals surface area contributed by atoms with Gasteiger partial charge in [-0.25, -0.2) is 30.0 Å². The Morgan fingerprint density at radius 1 is 0.810 bits per heavy atom. The fourth-order valence-electron chi connectivity index (χ4n) is 9.25. The number of hydrogen-bond acceptors (Lipinski definition) is 9. The maximum atomic E-state index is 14.0. The fourth-order valence-corrected chi connectivity index (χ4v) is 9.25. The van der Waals surface area contributed by atoms with E-state index in [1.54, 1.807) is 13.3 Å². The van der Waals surface area contributed by atoms with Crippen molar-refractivity contribution in [3.8, 4) is 39.7 Å². The first-order valence-electron chi connectivity index (χ1n) is 20.1. The largest absolute Gasteiger partial charge is 0.496 e. The predicted octanol–water partition coefficient (Wildman–Crippen LogP) is 6.82. The van der Waals surface area contributed by atoms with Crippen LogP contribution in [0.25, 0.3) is 33.9 Å². The Hall–Kier alpha value is -5.86. The second-order valence-electron chi connectivity index (χ2n) is 16.2. The zero-order chi connectivity index (χ0) is 41.2. The van der Waals surface area contributed by atoms with Gasteiger partial charge in [-0.1, -0.05) is 44.2 Å². The summed E-state index contributed by atoms with van der Waals surface area (Å²) < 4.78 is 15.4. The van der Waals surface area contributed by atoms with Crippen molar-refractivity contribution in [1.82, 2.24) is 40.6 Å². The molecule has 2 aromatic heterocycles. The minimum Gasteiger partial charge on any atom is -0.496 e. The van der Waals surface area contributed by atoms with Gasteiger partial charge in [0.15, 0.2) is 0 Å². The predicted molar refractivity (Wildman–Crippen MR) is 216 cm³/mol. The van der Waals surface area contributed by atoms with Gasteiger partial charge in [-0.15, -0.1) is 0 Å². The molecule has 0 radical (unpaired) electrons. The number of nitrogens with one attached hydrogen (secondary N) is 4. The molecule has 1 aliphatic heterocycles. The Labute approximate surface area is 338 Å². The molecular formula is C43H54N8O7. The number of ether oxygens (including phenoxy) is 3. The first-order valence-corrected chi connectivity index (χ1v) is 20.1. The van der Waals surface area contributed by atoms with Crippen LogP contribution in [0.5, 0.6) is 5.75 Å². The molecule has 15 heteroatoms. The quantitative estimate of drug-likeness (QED) is 0.118. The van der Waals surface area contributed by atoms with E-state index in [1.807, 2.05) is 81.3 Å². The van der Waals surface area contributed by atoms with E-state index < -0.39 is 18.2 Å². The lowest BCUT2D eigenvalue weighted by molar-refractivity contribution is -0.143. The van der Waals surface area contributed by atoms with Crippen molar-refractivity contribution < 1.29 is 33.4 Å². The van der Waals surface area contributed by atoms with Crippen LogP contribution in [0, 0.1) is 23.7 Å². The summed E-state index contributed by atoms with van der Waals surface area (Å²) in [5.74, 6) is 1.99. The summed E-state index contributed by atoms with van der Waals surface area (Å²) in [6.07, 6.45) is 6.99. The van der Waals surface area contributed by atoms with E-state index in [-0.39, 0.29) is 47.6 Å². The number of H-pyrrole nitrogens is 2. The van der Waals surface area contributed by atoms with Crippen molar-refractivity contribution in [3.05, 3.63) is 66.2 Å². The Kier molecular flexibility index (Phi) is 11.8. The summed E-state index contributed by atoms with van der Waals surface area (Å²) in [6.45, 7) is 8.13. The third-order valence-corrected chi connectivity index (χ3v) is 12.1. The normalized spacial score (nSPS) is 21.6. The Bertz CT molecular complexity index is 2130. The molecule has 4 aromatic rings. The molecule has 3 aliphatic rings. The van der Waals surface area contributed by atoms with Gasteiger partial charge >= 0.3 is 12.2 Å². The second kappa shape index (κ2) is 16.9. The molecule has 2 saturated carbocycles. The first kappa shape index (κ1) is 40.3. The van der Waals surface area contributed by atoms with E-state index in [2.05, 4.69) is 20.7 Å². The summed E-state index contributed by atoms with van der Waals surface area (Å²) in [7, 11) is 4.21. The molecule has 7 rings (SSSR count). The average Bonchev–Trinajstić information content (AvgIpc) is 4.09. The summed E-state index contributed by atoms with van der Waals surface area (Å²) >= 11 is 0. The molecule has 4 N–H and O–H groups in total. The molecule has 2 bridgehead atoms. The lowest BCUT2D eigenvalue weighted by Gasteiger charge is -2.35. The van der Waals surface area contributed by atoms with Gasteiger partial charge in [0.1, 0.15) is 23.4 Å². The lowest BCUT2D eigenvalue weighted by atomic mass is 9.77. The standard InChI is InChI=1S/C43H54N8O7/c1-23(2)37(48-42(54)57-6)41(53)50-18-8-9-33(50)31-21-45-39(46-31)30-17-16-27(20-34(30)56-5)25-10-12-26(13-11-25)38-44-22-32(47-38)35-28-14-15-29(19-28)36(35)40(52)51(24(3)4)49-43(55)58-7/h10-13,16-17,20-24,28-29,33,35-37H,8-9,14-15,18-19H2,1-7H3,(H,44,47)(H,45,46)(H,48,54)(H,49,55)/t28?,29?,33-,35-,36?,37-/m0/s1. The number of carbonyl (C=O) groups excluding carboxylic acids is 4. The number of amides is 4. The van der Waals surface area contributed by atoms with Crippen LogP contribution < -0.4 is 15.5 Å². The summed E-state index contributed by atoms with van der Waals surface area (Å²) in [5.41, 5.74) is 8.05. The van der Waals surface area contributed by atoms with Gasteiger partial charge in [0.25, 0.3) is 0 Å². The molecule has 2 aromatic carbocycles. The average molecular weight is 795 g/mol. The van der Waals surface area contributed by atoms with E-state index >= 15 is 0 Å². The second-order valence-corrected chi connectivity index (χ2v) is 16.2. The molecule has 1 saturated heterocycles. The van der Waals surface area contributed by atoms with Gasteiger partial charge in [0, 0.05) is 36.0 Å². The van der Waals surface area contributed by atoms with Crippen LogP contribution in [-0.4, -0.2) is 93.8 Å². The number of alkyl carbamates (subject to hydrolysis) is 1. The Morgan fingerprint density at radius 2 is 1.47 bits per heavy atom. The number of aromatic nitrogens is 4. The molecule has 6 atom stereocenters. The van der Waals surface area contributed by atoms with Crippen molar-refractivity contribution in [2.45, 2.75) is 83.8 Å². The number of hydrazine groups is 1. The molecule has 3 fully saturated rings. The van der Waals surface area contributed by atoms with E-state index in [0.717, 1.165) is 71.6 Å². The number of carbonyl (C=O) groups is 4. The van der Waals surface area contributed by atoms with Crippen LogP contribution >= 0.6 is 0 Å². The van der Waals surface area contributed by atoms with Gasteiger partial charge in [0.05, 0.1) is 50.7 Å². The molecule has 0 spiro atoms. The Morgan fingerprint density at radius 3 is 2.16 bits per heavy atom. The minimum atomic E-state index is -0.703. The monoisotopic (exact) mass is 794 g/mol. The fraction of sp³-hybridized carbons (Fsp3) is 0.488. The van der Waals surface area contributed by atoms with E-state index in [0.29, 0.717) is 24.0 Å². The van der Waals surface area contributed by atoms with Gasteiger partial charge in [0.2, 0.25) is 11.8 Å². The van der Waals surface area contributed by atoms with Gasteiger partial charge in [-0.3, -0.25) is 9.59 Å². The van der Waals surface area contributed by atoms with Crippen molar-refractivity contribution in [2.75, 3.05) is 27.9 Å². The van der Waals surface area contributed by atoms with Crippen molar-refractivity contribution >= 4 is 24.0 Å². The molecule has 4 amide bonds. The number of rotatable bonds is 11. The highest BCUT2D eigenvalue weighted by molar-refractivity contribution is 5.86. The zero-order valence-corrected chi connectivity index (χ0v) is 34.2. The van der Waals surface area contributed by atoms with Crippen LogP contribution in [0.4, 0.5) is 9.59 Å². The molecular weight excluding hydrogens is 741 g/mol. The Balaban J connectivity index is 1.06. The highest BCUT2D eigenvalue weighted by atomic mass is 16.5. The number of likely N-dealkylation sites (tertiary alicyclic amines) is 1. The molecule has 3 heterocycles. The van der Waals surface area contributed by atoms with E-state index in [4.69, 9.17) is 24.2 Å². The number of imidazole rings is 2. The molecule has 58 heavy (non-hydrogen) atoms. The third-order valence-electron chi connectivity index (χ3n) is 12.1. The van der Waals surface area contributed by atoms with Crippen LogP contribution in [0.3, 0.4) is 0 Å². The summed E-state index contributed by atoms with van der Waals surface area (Å²) in [6, 6.07) is 13.0. The maximum absolute atomic E-state index is 14.0. The van der Waals surface area contributed by atoms with E-state index in [9.17, 15) is 19.2 Å². The van der Waals surface area contributed by atoms with Crippen molar-refractivity contribution in [2.24, 2.45) is 23.7 Å². The topological polar surface area (TPSA) is 184 Å². The number of benzene rings is 2. The number of methoxy groups -OCH3 is 3. The van der Waals surface area contributed by atoms with Crippen molar-refractivity contribution in [3.63, 3.8) is 0 Å². The number of fused-ring (bicyclic) bond motifs is 2. The highest BCUT2D eigenvalue weighted by Gasteiger charge is 2.53. The summed E-state index contributed by atoms with van der Waals surface area (Å²) in [4.78, 5) is 69.9. The van der Waals surface area contributed by atoms with Crippen LogP contribution in [0.1, 0.15) is 83.1 Å². The number of hydrogen-bond donors (Lipinski definition) is 4. The highest BCUT2D eigenvalue weighted by Crippen LogP contribution is 2.57. The first-order chi connectivity index (χ1) is 27.9. The summed E-state index contributed by atoms with van der Waals surface area (Å²) in [5, 5.41) is 4.12. The minimum absolute atomic E-state index is 0.0177. The van der Waals surface area contributed by atoms with Gasteiger partial charge < -0.3 is 34.4 Å². The van der Waals surface area contributed by atoms with Crippen LogP contribution in [0.15, 0.2) is 54.9 Å². The number of nitrogens with zero attached hydrogens (tertiary/aromatic N) is 4. The maximum Gasteiger partial charge on any atom is 0.425 e. The van der Waals surface area contributed by atoms with E-state index in [1.165, 1.54) is 19.2 Å². The van der Waals surface area contributed by atoms with Crippen LogP contribution in [-0.2, 0) is 19.1 Å². The van der Waals surface area contributed by atoms with Crippen LogP contribution in [0.2, 0.25) is 0 Å². The molecule has 15 nitrogen and oxygen atoms in total. The SMILES string of the molecule is COC(=O)N[C@H](C(=O)N1CCC[C@H]1c1cnc(-c2ccc(-c3ccc(-c4ncc([C@@H]5C6CCC(C6)C5C(=O)N(NC(=O)OC)C(C)C)[nH]4)cc3)cc2OC)[nH]1)C(C)C. The lowest BCUT2D eigenvalue weighted by Crippen LogP contribution is -2.53. The smallest absolute Gasteiger partial charge is 0.425 e. The van der Waals surface area contributed by atoms with Gasteiger partial charge in [-0.2, -0.15) is 0 Å².